The van der Waals surface area contributed by atoms with Crippen LogP contribution in [-0.2, 0) is 9.53 Å². The van der Waals surface area contributed by atoms with Crippen molar-refractivity contribution < 1.29 is 18.7 Å². The molecule has 0 aliphatic rings. The second kappa shape index (κ2) is 7.00. The number of ether oxygens (including phenoxy) is 1. The summed E-state index contributed by atoms with van der Waals surface area (Å²) in [4.78, 5) is 27.6. The first-order chi connectivity index (χ1) is 10.5. The fourth-order valence-corrected chi connectivity index (χ4v) is 1.73. The predicted octanol–water partition coefficient (Wildman–Crippen LogP) is 3.06. The fraction of sp³-hybridized carbons (Fsp3) is 0.133. The van der Waals surface area contributed by atoms with Gasteiger partial charge in [-0.25, -0.2) is 14.2 Å². The van der Waals surface area contributed by atoms with Crippen molar-refractivity contribution in [2.24, 2.45) is 0 Å². The monoisotopic (exact) mass is 322 g/mol. The summed E-state index contributed by atoms with van der Waals surface area (Å²) >= 11 is 5.75. The second-order valence-corrected chi connectivity index (χ2v) is 4.84. The average Bonchev–Trinajstić information content (AvgIpc) is 2.49. The number of carbonyl (C=O) groups is 2. The maximum absolute atomic E-state index is 12.8. The van der Waals surface area contributed by atoms with Crippen LogP contribution in [0.5, 0.6) is 0 Å². The third-order valence-electron chi connectivity index (χ3n) is 2.70. The lowest BCUT2D eigenvalue weighted by atomic mass is 10.3. The molecule has 1 aromatic carbocycles. The van der Waals surface area contributed by atoms with E-state index in [-0.39, 0.29) is 5.69 Å². The topological polar surface area (TPSA) is 68.3 Å². The smallest absolute Gasteiger partial charge is 0.357 e. The lowest BCUT2D eigenvalue weighted by Crippen LogP contribution is -2.30. The van der Waals surface area contributed by atoms with Gasteiger partial charge in [-0.15, -0.1) is 0 Å². The number of nitrogens with one attached hydrogen (secondary N) is 1. The third-order valence-corrected chi connectivity index (χ3v) is 2.93. The van der Waals surface area contributed by atoms with Crippen LogP contribution in [-0.4, -0.2) is 23.0 Å². The highest BCUT2D eigenvalue weighted by atomic mass is 35.5. The molecule has 1 amide bonds. The van der Waals surface area contributed by atoms with Gasteiger partial charge < -0.3 is 10.1 Å². The van der Waals surface area contributed by atoms with Crippen LogP contribution in [0, 0.1) is 5.82 Å². The molecule has 0 bridgehead atoms. The molecular weight excluding hydrogens is 311 g/mol. The van der Waals surface area contributed by atoms with Crippen LogP contribution in [0.4, 0.5) is 10.1 Å². The van der Waals surface area contributed by atoms with Crippen LogP contribution in [0.3, 0.4) is 0 Å². The third kappa shape index (κ3) is 4.26. The zero-order chi connectivity index (χ0) is 16.1. The van der Waals surface area contributed by atoms with Crippen molar-refractivity contribution in [3.63, 3.8) is 0 Å². The first kappa shape index (κ1) is 15.9. The fourth-order valence-electron chi connectivity index (χ4n) is 1.57. The summed E-state index contributed by atoms with van der Waals surface area (Å²) in [5.74, 6) is -1.71. The highest BCUT2D eigenvalue weighted by Gasteiger charge is 2.20. The number of benzene rings is 1. The van der Waals surface area contributed by atoms with Crippen molar-refractivity contribution in [3.05, 3.63) is 59.1 Å². The Morgan fingerprint density at radius 1 is 1.27 bits per heavy atom. The number of halogens is 2. The molecule has 0 unspecified atom stereocenters. The quantitative estimate of drug-likeness (QED) is 0.878. The highest BCUT2D eigenvalue weighted by Crippen LogP contribution is 2.12. The van der Waals surface area contributed by atoms with E-state index in [1.165, 1.54) is 49.5 Å². The van der Waals surface area contributed by atoms with E-state index in [1.807, 2.05) is 0 Å². The summed E-state index contributed by atoms with van der Waals surface area (Å²) in [6, 6.07) is 8.09. The Hall–Kier alpha value is -2.47. The van der Waals surface area contributed by atoms with E-state index < -0.39 is 23.8 Å². The van der Waals surface area contributed by atoms with Gasteiger partial charge in [0.1, 0.15) is 11.5 Å². The molecule has 22 heavy (non-hydrogen) atoms. The predicted molar refractivity (Wildman–Crippen MR) is 79.2 cm³/mol. The average molecular weight is 323 g/mol. The van der Waals surface area contributed by atoms with Gasteiger partial charge in [-0.05, 0) is 43.3 Å². The number of pyridine rings is 1. The van der Waals surface area contributed by atoms with Crippen molar-refractivity contribution in [1.29, 1.82) is 0 Å². The molecule has 0 radical (unpaired) electrons. The van der Waals surface area contributed by atoms with Crippen molar-refractivity contribution in [1.82, 2.24) is 4.98 Å². The zero-order valence-corrected chi connectivity index (χ0v) is 12.3. The van der Waals surface area contributed by atoms with Crippen molar-refractivity contribution in [2.45, 2.75) is 13.0 Å². The molecule has 1 heterocycles. The van der Waals surface area contributed by atoms with Gasteiger partial charge in [0, 0.05) is 16.9 Å². The van der Waals surface area contributed by atoms with Gasteiger partial charge >= 0.3 is 5.97 Å². The van der Waals surface area contributed by atoms with E-state index >= 15 is 0 Å². The minimum absolute atomic E-state index is 0.00827. The maximum atomic E-state index is 12.8. The standard InChI is InChI=1S/C15H12ClFN2O3/c1-9(14(20)19-12-4-2-11(17)3-5-12)22-15(21)13-8-10(16)6-7-18-13/h2-9H,1H3,(H,19,20)/t9-/m1/s1. The molecule has 2 rings (SSSR count). The van der Waals surface area contributed by atoms with Gasteiger partial charge in [-0.1, -0.05) is 11.6 Å². The summed E-state index contributed by atoms with van der Waals surface area (Å²) in [5, 5.41) is 2.85. The van der Waals surface area contributed by atoms with Crippen LogP contribution < -0.4 is 5.32 Å². The van der Waals surface area contributed by atoms with Crippen LogP contribution in [0.15, 0.2) is 42.6 Å². The van der Waals surface area contributed by atoms with Crippen LogP contribution in [0.25, 0.3) is 0 Å². The molecular formula is C15H12ClFN2O3. The first-order valence-electron chi connectivity index (χ1n) is 6.34. The molecule has 5 nitrogen and oxygen atoms in total. The Balaban J connectivity index is 1.96. The maximum Gasteiger partial charge on any atom is 0.357 e. The Morgan fingerprint density at radius 2 is 1.95 bits per heavy atom. The molecule has 0 aliphatic heterocycles. The number of esters is 1. The molecule has 1 atom stereocenters. The van der Waals surface area contributed by atoms with E-state index in [0.717, 1.165) is 0 Å². The Kier molecular flexibility index (Phi) is 5.06. The van der Waals surface area contributed by atoms with Crippen molar-refractivity contribution in [3.8, 4) is 0 Å². The Bertz CT molecular complexity index is 691. The highest BCUT2D eigenvalue weighted by molar-refractivity contribution is 6.30. The van der Waals surface area contributed by atoms with Crippen LogP contribution in [0.1, 0.15) is 17.4 Å². The number of hydrogen-bond acceptors (Lipinski definition) is 4. The minimum Gasteiger partial charge on any atom is -0.448 e. The zero-order valence-electron chi connectivity index (χ0n) is 11.5. The van der Waals surface area contributed by atoms with Gasteiger partial charge in [0.2, 0.25) is 0 Å². The number of aromatic nitrogens is 1. The molecule has 1 aromatic heterocycles. The Morgan fingerprint density at radius 3 is 2.59 bits per heavy atom. The number of amides is 1. The van der Waals surface area contributed by atoms with Gasteiger partial charge in [0.15, 0.2) is 6.10 Å². The van der Waals surface area contributed by atoms with E-state index in [2.05, 4.69) is 10.3 Å². The van der Waals surface area contributed by atoms with E-state index in [9.17, 15) is 14.0 Å². The lowest BCUT2D eigenvalue weighted by Gasteiger charge is -2.13. The summed E-state index contributed by atoms with van der Waals surface area (Å²) in [7, 11) is 0. The molecule has 0 fully saturated rings. The van der Waals surface area contributed by atoms with Gasteiger partial charge in [0.25, 0.3) is 5.91 Å². The molecule has 1 N–H and O–H groups in total. The lowest BCUT2D eigenvalue weighted by molar-refractivity contribution is -0.123. The number of carbonyl (C=O) groups excluding carboxylic acids is 2. The molecule has 7 heteroatoms. The molecule has 114 valence electrons. The van der Waals surface area contributed by atoms with Gasteiger partial charge in [-0.3, -0.25) is 4.79 Å². The number of rotatable bonds is 4. The summed E-state index contributed by atoms with van der Waals surface area (Å²) in [6.07, 6.45) is 0.320. The van der Waals surface area contributed by atoms with Crippen LogP contribution in [0.2, 0.25) is 5.02 Å². The summed E-state index contributed by atoms with van der Waals surface area (Å²) in [6.45, 7) is 1.42. The minimum atomic E-state index is -1.04. The largest absolute Gasteiger partial charge is 0.448 e. The number of anilines is 1. The van der Waals surface area contributed by atoms with E-state index in [0.29, 0.717) is 10.7 Å². The van der Waals surface area contributed by atoms with Gasteiger partial charge in [-0.2, -0.15) is 0 Å². The summed E-state index contributed by atoms with van der Waals surface area (Å²) < 4.78 is 17.8. The van der Waals surface area contributed by atoms with E-state index in [4.69, 9.17) is 16.3 Å². The molecule has 0 saturated carbocycles. The molecule has 0 spiro atoms. The normalized spacial score (nSPS) is 11.6. The summed E-state index contributed by atoms with van der Waals surface area (Å²) in [5.41, 5.74) is 0.407. The first-order valence-corrected chi connectivity index (χ1v) is 6.72. The molecule has 0 aliphatic carbocycles. The van der Waals surface area contributed by atoms with Crippen molar-refractivity contribution >= 4 is 29.2 Å². The molecule has 0 saturated heterocycles. The number of nitrogens with zero attached hydrogens (tertiary/aromatic N) is 1. The van der Waals surface area contributed by atoms with Crippen molar-refractivity contribution in [2.75, 3.05) is 5.32 Å². The van der Waals surface area contributed by atoms with E-state index in [1.54, 1.807) is 0 Å². The molecule has 2 aromatic rings. The van der Waals surface area contributed by atoms with Crippen LogP contribution >= 0.6 is 11.6 Å². The SMILES string of the molecule is C[C@@H](OC(=O)c1cc(Cl)ccn1)C(=O)Nc1ccc(F)cc1. The Labute approximate surface area is 131 Å². The second-order valence-electron chi connectivity index (χ2n) is 4.40. The van der Waals surface area contributed by atoms with Gasteiger partial charge in [0.05, 0.1) is 0 Å². The number of hydrogen-bond donors (Lipinski definition) is 1.